The van der Waals surface area contributed by atoms with Gasteiger partial charge in [-0.3, -0.25) is 9.59 Å². The first-order valence-corrected chi connectivity index (χ1v) is 6.84. The molecule has 2 aromatic heterocycles. The number of carbonyl (C=O) groups is 1. The van der Waals surface area contributed by atoms with Crippen LogP contribution >= 0.6 is 11.3 Å². The number of pyridine rings is 1. The monoisotopic (exact) mass is 273 g/mol. The lowest BCUT2D eigenvalue weighted by Gasteiger charge is -2.05. The van der Waals surface area contributed by atoms with Crippen molar-refractivity contribution < 1.29 is 4.79 Å². The summed E-state index contributed by atoms with van der Waals surface area (Å²) in [6.07, 6.45) is 1.81. The summed E-state index contributed by atoms with van der Waals surface area (Å²) in [5.41, 5.74) is 1.96. The maximum Gasteiger partial charge on any atom is 0.259 e. The summed E-state index contributed by atoms with van der Waals surface area (Å²) in [6, 6.07) is 5.68. The molecule has 0 unspecified atom stereocenters. The van der Waals surface area contributed by atoms with Crippen molar-refractivity contribution in [2.75, 3.05) is 0 Å². The molecular formula is C15H15NO2S. The van der Waals surface area contributed by atoms with Crippen molar-refractivity contribution in [3.8, 4) is 0 Å². The molecule has 0 spiro atoms. The van der Waals surface area contributed by atoms with Crippen molar-refractivity contribution in [3.63, 3.8) is 0 Å². The van der Waals surface area contributed by atoms with Crippen molar-refractivity contribution >= 4 is 23.2 Å². The molecule has 0 aliphatic rings. The van der Waals surface area contributed by atoms with E-state index in [-0.39, 0.29) is 16.9 Å². The van der Waals surface area contributed by atoms with Crippen LogP contribution in [0.1, 0.15) is 33.4 Å². The Morgan fingerprint density at radius 3 is 2.68 bits per heavy atom. The van der Waals surface area contributed by atoms with Gasteiger partial charge in [-0.05, 0) is 55.5 Å². The number of aromatic amines is 1. The number of ketones is 1. The Bertz CT molecular complexity index is 693. The molecule has 0 radical (unpaired) electrons. The summed E-state index contributed by atoms with van der Waals surface area (Å²) < 4.78 is 0. The first kappa shape index (κ1) is 13.5. The zero-order valence-corrected chi connectivity index (χ0v) is 11.9. The highest BCUT2D eigenvalue weighted by atomic mass is 32.1. The molecular weight excluding hydrogens is 258 g/mol. The number of H-pyrrole nitrogens is 1. The number of allylic oxidation sites excluding steroid dienone is 1. The van der Waals surface area contributed by atoms with Crippen molar-refractivity contribution in [1.29, 1.82) is 0 Å². The lowest BCUT2D eigenvalue weighted by Crippen LogP contribution is -2.21. The molecule has 2 heterocycles. The molecule has 0 atom stereocenters. The molecule has 0 aromatic carbocycles. The highest BCUT2D eigenvalue weighted by Gasteiger charge is 2.15. The molecule has 0 bridgehead atoms. The molecule has 1 N–H and O–H groups in total. The zero-order valence-electron chi connectivity index (χ0n) is 11.1. The molecule has 0 amide bonds. The van der Waals surface area contributed by atoms with Gasteiger partial charge in [-0.15, -0.1) is 11.3 Å². The van der Waals surface area contributed by atoms with Crippen LogP contribution in [0.3, 0.4) is 0 Å². The third-order valence-corrected chi connectivity index (χ3v) is 3.67. The SMILES string of the molecule is C/C(=C\c1cccs1)C(=O)c1c(C)cc(C)[nH]c1=O. The summed E-state index contributed by atoms with van der Waals surface area (Å²) in [5.74, 6) is -0.216. The van der Waals surface area contributed by atoms with Gasteiger partial charge in [0.1, 0.15) is 0 Å². The van der Waals surface area contributed by atoms with Gasteiger partial charge in [0.05, 0.1) is 5.56 Å². The highest BCUT2D eigenvalue weighted by molar-refractivity contribution is 7.10. The van der Waals surface area contributed by atoms with E-state index in [0.29, 0.717) is 11.1 Å². The number of hydrogen-bond donors (Lipinski definition) is 1. The predicted molar refractivity (Wildman–Crippen MR) is 78.8 cm³/mol. The predicted octanol–water partition coefficient (Wildman–Crippen LogP) is 3.34. The van der Waals surface area contributed by atoms with E-state index in [1.165, 1.54) is 0 Å². The average Bonchev–Trinajstić information content (AvgIpc) is 2.80. The number of carbonyl (C=O) groups excluding carboxylic acids is 1. The number of aryl methyl sites for hydroxylation is 2. The van der Waals surface area contributed by atoms with E-state index in [1.54, 1.807) is 32.1 Å². The normalized spacial score (nSPS) is 11.6. The number of hydrogen-bond acceptors (Lipinski definition) is 3. The minimum Gasteiger partial charge on any atom is -0.326 e. The molecule has 98 valence electrons. The van der Waals surface area contributed by atoms with Crippen LogP contribution < -0.4 is 5.56 Å². The van der Waals surface area contributed by atoms with Crippen molar-refractivity contribution in [3.05, 3.63) is 61.2 Å². The Morgan fingerprint density at radius 1 is 1.37 bits per heavy atom. The Hall–Kier alpha value is -1.94. The number of Topliss-reactive ketones (excluding diaryl/α,β-unsaturated/α-hetero) is 1. The number of aromatic nitrogens is 1. The third kappa shape index (κ3) is 2.90. The Morgan fingerprint density at radius 2 is 2.11 bits per heavy atom. The van der Waals surface area contributed by atoms with Gasteiger partial charge in [-0.2, -0.15) is 0 Å². The Balaban J connectivity index is 2.43. The van der Waals surface area contributed by atoms with Crippen LogP contribution in [-0.4, -0.2) is 10.8 Å². The van der Waals surface area contributed by atoms with Crippen molar-refractivity contribution in [2.45, 2.75) is 20.8 Å². The minimum atomic E-state index is -0.318. The lowest BCUT2D eigenvalue weighted by molar-refractivity contribution is 0.103. The van der Waals surface area contributed by atoms with Crippen LogP contribution in [-0.2, 0) is 0 Å². The summed E-state index contributed by atoms with van der Waals surface area (Å²) in [5, 5.41) is 1.95. The molecule has 0 saturated heterocycles. The second kappa shape index (κ2) is 5.36. The molecule has 2 rings (SSSR count). The smallest absolute Gasteiger partial charge is 0.259 e. The molecule has 0 fully saturated rings. The van der Waals surface area contributed by atoms with Crippen LogP contribution in [0.15, 0.2) is 33.9 Å². The maximum atomic E-state index is 12.3. The highest BCUT2D eigenvalue weighted by Crippen LogP contribution is 2.16. The van der Waals surface area contributed by atoms with Crippen LogP contribution in [0.25, 0.3) is 6.08 Å². The second-order valence-corrected chi connectivity index (χ2v) is 5.49. The van der Waals surface area contributed by atoms with Gasteiger partial charge in [0.2, 0.25) is 0 Å². The van der Waals surface area contributed by atoms with Gasteiger partial charge in [-0.25, -0.2) is 0 Å². The lowest BCUT2D eigenvalue weighted by atomic mass is 10.0. The third-order valence-electron chi connectivity index (χ3n) is 2.85. The molecule has 3 nitrogen and oxygen atoms in total. The van der Waals surface area contributed by atoms with E-state index in [0.717, 1.165) is 10.6 Å². The molecule has 0 aliphatic heterocycles. The largest absolute Gasteiger partial charge is 0.326 e. The molecule has 2 aromatic rings. The molecule has 4 heteroatoms. The van der Waals surface area contributed by atoms with Crippen LogP contribution in [0.5, 0.6) is 0 Å². The quantitative estimate of drug-likeness (QED) is 0.688. The van der Waals surface area contributed by atoms with Gasteiger partial charge in [0.25, 0.3) is 5.56 Å². The number of rotatable bonds is 3. The Kier molecular flexibility index (Phi) is 3.81. The molecule has 0 saturated carbocycles. The van der Waals surface area contributed by atoms with E-state index in [4.69, 9.17) is 0 Å². The fraction of sp³-hybridized carbons (Fsp3) is 0.200. The van der Waals surface area contributed by atoms with E-state index in [2.05, 4.69) is 4.98 Å². The first-order valence-electron chi connectivity index (χ1n) is 5.96. The van der Waals surface area contributed by atoms with Gasteiger partial charge in [0, 0.05) is 10.6 Å². The van der Waals surface area contributed by atoms with E-state index >= 15 is 0 Å². The van der Waals surface area contributed by atoms with E-state index in [9.17, 15) is 9.59 Å². The Labute approximate surface area is 115 Å². The van der Waals surface area contributed by atoms with Crippen LogP contribution in [0.2, 0.25) is 0 Å². The summed E-state index contributed by atoms with van der Waals surface area (Å²) >= 11 is 1.56. The molecule has 0 aliphatic carbocycles. The number of nitrogens with one attached hydrogen (secondary N) is 1. The summed E-state index contributed by atoms with van der Waals surface area (Å²) in [4.78, 5) is 27.9. The van der Waals surface area contributed by atoms with Gasteiger partial charge >= 0.3 is 0 Å². The number of thiophene rings is 1. The topological polar surface area (TPSA) is 49.9 Å². The van der Waals surface area contributed by atoms with E-state index in [1.807, 2.05) is 29.7 Å². The summed E-state index contributed by atoms with van der Waals surface area (Å²) in [6.45, 7) is 5.33. The van der Waals surface area contributed by atoms with E-state index < -0.39 is 0 Å². The van der Waals surface area contributed by atoms with Gasteiger partial charge in [0.15, 0.2) is 5.78 Å². The second-order valence-electron chi connectivity index (χ2n) is 4.51. The average molecular weight is 273 g/mol. The van der Waals surface area contributed by atoms with Crippen molar-refractivity contribution in [1.82, 2.24) is 4.98 Å². The minimum absolute atomic E-state index is 0.216. The first-order chi connectivity index (χ1) is 8.99. The fourth-order valence-corrected chi connectivity index (χ4v) is 2.70. The van der Waals surface area contributed by atoms with Gasteiger partial charge in [-0.1, -0.05) is 6.07 Å². The maximum absolute atomic E-state index is 12.3. The van der Waals surface area contributed by atoms with Gasteiger partial charge < -0.3 is 4.98 Å². The zero-order chi connectivity index (χ0) is 14.0. The summed E-state index contributed by atoms with van der Waals surface area (Å²) in [7, 11) is 0. The van der Waals surface area contributed by atoms with Crippen molar-refractivity contribution in [2.24, 2.45) is 0 Å². The standard InChI is InChI=1S/C15H15NO2S/c1-9-7-11(3)16-15(18)13(9)14(17)10(2)8-12-5-4-6-19-12/h4-8H,1-3H3,(H,16,18)/b10-8+. The van der Waals surface area contributed by atoms with Crippen LogP contribution in [0, 0.1) is 13.8 Å². The molecule has 19 heavy (non-hydrogen) atoms. The fourth-order valence-electron chi connectivity index (χ4n) is 1.99. The van der Waals surface area contributed by atoms with Crippen LogP contribution in [0.4, 0.5) is 0 Å².